The number of nitrogens with zero attached hydrogens (tertiary/aromatic N) is 2. The van der Waals surface area contributed by atoms with E-state index in [1.165, 1.54) is 0 Å². The van der Waals surface area contributed by atoms with Gasteiger partial charge in [-0.25, -0.2) is 4.98 Å². The second-order valence-electron chi connectivity index (χ2n) is 6.60. The first kappa shape index (κ1) is 22.0. The molecule has 1 heterocycles. The summed E-state index contributed by atoms with van der Waals surface area (Å²) in [5.41, 5.74) is 1.89. The van der Waals surface area contributed by atoms with E-state index in [9.17, 15) is 9.59 Å². The molecule has 7 nitrogen and oxygen atoms in total. The van der Waals surface area contributed by atoms with E-state index in [-0.39, 0.29) is 11.8 Å². The van der Waals surface area contributed by atoms with Crippen molar-refractivity contribution < 1.29 is 9.59 Å². The lowest BCUT2D eigenvalue weighted by atomic mass is 10.1. The van der Waals surface area contributed by atoms with Crippen LogP contribution in [0.15, 0.2) is 53.0 Å². The Hall–Kier alpha value is -2.65. The molecule has 2 amide bonds. The molecule has 0 spiro atoms. The lowest BCUT2D eigenvalue weighted by molar-refractivity contribution is -0.118. The molecule has 0 aliphatic heterocycles. The van der Waals surface area contributed by atoms with Gasteiger partial charge in [-0.2, -0.15) is 16.9 Å². The summed E-state index contributed by atoms with van der Waals surface area (Å²) in [7, 11) is 0. The summed E-state index contributed by atoms with van der Waals surface area (Å²) in [6.07, 6.45) is 2.48. The number of rotatable bonds is 8. The van der Waals surface area contributed by atoms with Gasteiger partial charge >= 0.3 is 0 Å². The van der Waals surface area contributed by atoms with E-state index in [4.69, 9.17) is 0 Å². The maximum atomic E-state index is 12.9. The average Bonchev–Trinajstić information content (AvgIpc) is 3.17. The first-order chi connectivity index (χ1) is 14.5. The van der Waals surface area contributed by atoms with Crippen molar-refractivity contribution in [2.24, 2.45) is 0 Å². The Morgan fingerprint density at radius 1 is 1.20 bits per heavy atom. The second kappa shape index (κ2) is 10.4. The fourth-order valence-corrected chi connectivity index (χ4v) is 3.76. The number of H-pyrrole nitrogens is 1. The summed E-state index contributed by atoms with van der Waals surface area (Å²) in [5.74, 6) is 1.45. The third-order valence-corrected chi connectivity index (χ3v) is 5.67. The first-order valence-electron chi connectivity index (χ1n) is 9.32. The molecule has 3 N–H and O–H groups in total. The number of hydrogen-bond donors (Lipinski definition) is 3. The lowest BCUT2D eigenvalue weighted by Crippen LogP contribution is -2.44. The molecule has 0 aliphatic rings. The zero-order chi connectivity index (χ0) is 21.5. The van der Waals surface area contributed by atoms with Crippen LogP contribution in [0.5, 0.6) is 0 Å². The molecule has 2 aromatic carbocycles. The van der Waals surface area contributed by atoms with Crippen molar-refractivity contribution in [3.63, 3.8) is 0 Å². The SMILES string of the molecule is CSCCC(NC(=O)c1ccccc1Br)C(=O)Nc1cccc(-c2n[nH]c(C)n2)c1. The smallest absolute Gasteiger partial charge is 0.253 e. The number of anilines is 1. The molecular formula is C21H22BrN5O2S. The van der Waals surface area contributed by atoms with E-state index in [1.807, 2.05) is 37.4 Å². The Bertz CT molecular complexity index is 1040. The summed E-state index contributed by atoms with van der Waals surface area (Å²) in [6.45, 7) is 1.83. The van der Waals surface area contributed by atoms with Crippen molar-refractivity contribution in [1.82, 2.24) is 20.5 Å². The zero-order valence-corrected chi connectivity index (χ0v) is 19.0. The van der Waals surface area contributed by atoms with Gasteiger partial charge in [-0.1, -0.05) is 24.3 Å². The molecule has 0 radical (unpaired) electrons. The van der Waals surface area contributed by atoms with Crippen molar-refractivity contribution in [3.05, 3.63) is 64.4 Å². The highest BCUT2D eigenvalue weighted by Crippen LogP contribution is 2.20. The van der Waals surface area contributed by atoms with E-state index >= 15 is 0 Å². The van der Waals surface area contributed by atoms with Crippen LogP contribution in [0.25, 0.3) is 11.4 Å². The van der Waals surface area contributed by atoms with E-state index in [1.54, 1.807) is 36.0 Å². The number of amides is 2. The van der Waals surface area contributed by atoms with E-state index in [0.717, 1.165) is 11.3 Å². The third kappa shape index (κ3) is 5.70. The number of benzene rings is 2. The fourth-order valence-electron chi connectivity index (χ4n) is 2.82. The second-order valence-corrected chi connectivity index (χ2v) is 8.44. The van der Waals surface area contributed by atoms with Gasteiger partial charge in [0.05, 0.1) is 5.56 Å². The normalized spacial score (nSPS) is 11.7. The molecular weight excluding hydrogens is 466 g/mol. The predicted molar refractivity (Wildman–Crippen MR) is 124 cm³/mol. The Kier molecular flexibility index (Phi) is 7.64. The van der Waals surface area contributed by atoms with Crippen LogP contribution < -0.4 is 10.6 Å². The Labute approximate surface area is 187 Å². The number of hydrogen-bond acceptors (Lipinski definition) is 5. The van der Waals surface area contributed by atoms with Gasteiger partial charge in [-0.15, -0.1) is 0 Å². The van der Waals surface area contributed by atoms with Gasteiger partial charge in [-0.3, -0.25) is 14.7 Å². The highest BCUT2D eigenvalue weighted by Gasteiger charge is 2.22. The fraction of sp³-hybridized carbons (Fsp3) is 0.238. The van der Waals surface area contributed by atoms with E-state index < -0.39 is 6.04 Å². The van der Waals surface area contributed by atoms with Crippen molar-refractivity contribution in [2.75, 3.05) is 17.3 Å². The number of halogens is 1. The van der Waals surface area contributed by atoms with Crippen LogP contribution in [0.1, 0.15) is 22.6 Å². The van der Waals surface area contributed by atoms with Crippen LogP contribution in [0.3, 0.4) is 0 Å². The Balaban J connectivity index is 1.74. The van der Waals surface area contributed by atoms with Crippen LogP contribution in [-0.2, 0) is 4.79 Å². The number of aromatic nitrogens is 3. The molecule has 30 heavy (non-hydrogen) atoms. The lowest BCUT2D eigenvalue weighted by Gasteiger charge is -2.19. The highest BCUT2D eigenvalue weighted by atomic mass is 79.9. The first-order valence-corrected chi connectivity index (χ1v) is 11.5. The topological polar surface area (TPSA) is 99.8 Å². The molecule has 0 aliphatic carbocycles. The van der Waals surface area contributed by atoms with Gasteiger partial charge in [0, 0.05) is 15.7 Å². The molecule has 1 atom stereocenters. The molecule has 0 saturated heterocycles. The summed E-state index contributed by atoms with van der Waals surface area (Å²) < 4.78 is 0.682. The number of carbonyl (C=O) groups is 2. The van der Waals surface area contributed by atoms with Gasteiger partial charge in [0.1, 0.15) is 11.9 Å². The van der Waals surface area contributed by atoms with Gasteiger partial charge in [0.2, 0.25) is 5.91 Å². The molecule has 3 aromatic rings. The molecule has 1 unspecified atom stereocenters. The Morgan fingerprint density at radius 3 is 2.70 bits per heavy atom. The standard InChI is InChI=1S/C21H22BrN5O2S/c1-13-23-19(27-26-13)14-6-5-7-15(12-14)24-21(29)18(10-11-30-2)25-20(28)16-8-3-4-9-17(16)22/h3-9,12,18H,10-11H2,1-2H3,(H,24,29)(H,25,28)(H,23,26,27). The summed E-state index contributed by atoms with van der Waals surface area (Å²) >= 11 is 5.00. The largest absolute Gasteiger partial charge is 0.340 e. The van der Waals surface area contributed by atoms with E-state index in [0.29, 0.717) is 33.8 Å². The minimum atomic E-state index is -0.661. The molecule has 3 rings (SSSR count). The summed E-state index contributed by atoms with van der Waals surface area (Å²) in [4.78, 5) is 29.9. The number of aryl methyl sites for hydroxylation is 1. The summed E-state index contributed by atoms with van der Waals surface area (Å²) in [5, 5.41) is 12.7. The van der Waals surface area contributed by atoms with Gasteiger partial charge in [0.15, 0.2) is 5.82 Å². The third-order valence-electron chi connectivity index (χ3n) is 4.34. The van der Waals surface area contributed by atoms with Crippen LogP contribution in [0, 0.1) is 6.92 Å². The Morgan fingerprint density at radius 2 is 2.00 bits per heavy atom. The molecule has 0 fully saturated rings. The highest BCUT2D eigenvalue weighted by molar-refractivity contribution is 9.10. The maximum Gasteiger partial charge on any atom is 0.253 e. The van der Waals surface area contributed by atoms with Crippen molar-refractivity contribution in [2.45, 2.75) is 19.4 Å². The molecule has 156 valence electrons. The molecule has 1 aromatic heterocycles. The van der Waals surface area contributed by atoms with Crippen molar-refractivity contribution in [3.8, 4) is 11.4 Å². The molecule has 9 heteroatoms. The number of nitrogens with one attached hydrogen (secondary N) is 3. The van der Waals surface area contributed by atoms with Crippen LogP contribution in [-0.4, -0.2) is 45.0 Å². The van der Waals surface area contributed by atoms with Gasteiger partial charge < -0.3 is 10.6 Å². The number of thioether (sulfide) groups is 1. The van der Waals surface area contributed by atoms with Crippen molar-refractivity contribution in [1.29, 1.82) is 0 Å². The summed E-state index contributed by atoms with van der Waals surface area (Å²) in [6, 6.07) is 13.8. The van der Waals surface area contributed by atoms with E-state index in [2.05, 4.69) is 41.7 Å². The number of carbonyl (C=O) groups excluding carboxylic acids is 2. The average molecular weight is 488 g/mol. The zero-order valence-electron chi connectivity index (χ0n) is 16.6. The molecule has 0 saturated carbocycles. The monoisotopic (exact) mass is 487 g/mol. The number of aromatic amines is 1. The quantitative estimate of drug-likeness (QED) is 0.445. The van der Waals surface area contributed by atoms with Gasteiger partial charge in [0.25, 0.3) is 5.91 Å². The predicted octanol–water partition coefficient (Wildman–Crippen LogP) is 4.03. The van der Waals surface area contributed by atoms with Crippen LogP contribution in [0.4, 0.5) is 5.69 Å². The minimum Gasteiger partial charge on any atom is -0.340 e. The molecule has 0 bridgehead atoms. The maximum absolute atomic E-state index is 12.9. The minimum absolute atomic E-state index is 0.271. The van der Waals surface area contributed by atoms with Crippen LogP contribution >= 0.6 is 27.7 Å². The van der Waals surface area contributed by atoms with Crippen LogP contribution in [0.2, 0.25) is 0 Å². The van der Waals surface area contributed by atoms with Crippen molar-refractivity contribution >= 4 is 45.2 Å². The van der Waals surface area contributed by atoms with Gasteiger partial charge in [-0.05, 0) is 65.5 Å².